The van der Waals surface area contributed by atoms with Crippen molar-refractivity contribution in [3.8, 4) is 0 Å². The fraction of sp³-hybridized carbons (Fsp3) is 0.188. The minimum absolute atomic E-state index is 0.226. The van der Waals surface area contributed by atoms with Crippen LogP contribution in [0.2, 0.25) is 5.02 Å². The number of aryl methyl sites for hydroxylation is 1. The predicted molar refractivity (Wildman–Crippen MR) is 82.2 cm³/mol. The Kier molecular flexibility index (Phi) is 2.51. The van der Waals surface area contributed by atoms with Crippen LogP contribution in [-0.4, -0.2) is 9.55 Å². The van der Waals surface area contributed by atoms with Gasteiger partial charge in [0.15, 0.2) is 0 Å². The molecule has 4 rings (SSSR count). The van der Waals surface area contributed by atoms with E-state index in [-0.39, 0.29) is 6.04 Å². The summed E-state index contributed by atoms with van der Waals surface area (Å²) in [7, 11) is 2.05. The summed E-state index contributed by atoms with van der Waals surface area (Å²) < 4.78 is 2.13. The molecule has 100 valence electrons. The first-order chi connectivity index (χ1) is 9.72. The third-order valence-electron chi connectivity index (χ3n) is 3.96. The highest BCUT2D eigenvalue weighted by molar-refractivity contribution is 6.31. The Labute approximate surface area is 122 Å². The zero-order chi connectivity index (χ0) is 13.7. The molecule has 3 nitrogen and oxygen atoms in total. The summed E-state index contributed by atoms with van der Waals surface area (Å²) in [5.41, 5.74) is 4.63. The molecule has 1 atom stereocenters. The molecule has 0 spiro atoms. The Balaban J connectivity index is 1.79. The van der Waals surface area contributed by atoms with Crippen LogP contribution in [-0.2, 0) is 13.5 Å². The molecule has 0 amide bonds. The second-order valence-electron chi connectivity index (χ2n) is 5.22. The number of halogens is 1. The van der Waals surface area contributed by atoms with Crippen molar-refractivity contribution in [3.05, 3.63) is 58.9 Å². The lowest BCUT2D eigenvalue weighted by Gasteiger charge is -2.11. The number of imidazole rings is 1. The number of anilines is 1. The molecule has 0 fully saturated rings. The largest absolute Gasteiger partial charge is 0.375 e. The molecule has 0 bridgehead atoms. The van der Waals surface area contributed by atoms with Gasteiger partial charge in [-0.2, -0.15) is 0 Å². The highest BCUT2D eigenvalue weighted by atomic mass is 35.5. The van der Waals surface area contributed by atoms with E-state index in [2.05, 4.69) is 34.1 Å². The quantitative estimate of drug-likeness (QED) is 0.733. The number of nitrogens with one attached hydrogen (secondary N) is 1. The standard InChI is InChI=1S/C16H14ClN3/c1-20-15-9-11(17)6-7-13(15)19-16(20)14-8-10-4-2-3-5-12(10)18-14/h2-7,9,14,18H,8H2,1H3. The Morgan fingerprint density at radius 3 is 2.95 bits per heavy atom. The molecule has 0 radical (unpaired) electrons. The zero-order valence-electron chi connectivity index (χ0n) is 11.1. The molecule has 1 N–H and O–H groups in total. The number of aromatic nitrogens is 2. The fourth-order valence-corrected chi connectivity index (χ4v) is 3.11. The van der Waals surface area contributed by atoms with E-state index in [1.54, 1.807) is 0 Å². The maximum Gasteiger partial charge on any atom is 0.132 e. The maximum atomic E-state index is 6.08. The topological polar surface area (TPSA) is 29.9 Å². The number of nitrogens with zero attached hydrogens (tertiary/aromatic N) is 2. The Bertz CT molecular complexity index is 782. The number of hydrogen-bond donors (Lipinski definition) is 1. The summed E-state index contributed by atoms with van der Waals surface area (Å²) in [5.74, 6) is 1.05. The lowest BCUT2D eigenvalue weighted by molar-refractivity contribution is 0.704. The van der Waals surface area contributed by atoms with Crippen LogP contribution in [0.4, 0.5) is 5.69 Å². The first-order valence-electron chi connectivity index (χ1n) is 6.69. The van der Waals surface area contributed by atoms with Crippen molar-refractivity contribution < 1.29 is 0 Å². The molecule has 1 aromatic heterocycles. The van der Waals surface area contributed by atoms with Gasteiger partial charge in [-0.1, -0.05) is 29.8 Å². The van der Waals surface area contributed by atoms with E-state index in [9.17, 15) is 0 Å². The second-order valence-corrected chi connectivity index (χ2v) is 5.66. The van der Waals surface area contributed by atoms with Crippen molar-refractivity contribution in [2.24, 2.45) is 7.05 Å². The van der Waals surface area contributed by atoms with E-state index in [1.807, 2.05) is 25.2 Å². The van der Waals surface area contributed by atoms with Gasteiger partial charge in [0.2, 0.25) is 0 Å². The maximum absolute atomic E-state index is 6.08. The zero-order valence-corrected chi connectivity index (χ0v) is 11.9. The minimum atomic E-state index is 0.226. The fourth-order valence-electron chi connectivity index (χ4n) is 2.95. The first-order valence-corrected chi connectivity index (χ1v) is 7.06. The summed E-state index contributed by atoms with van der Waals surface area (Å²) in [4.78, 5) is 4.76. The highest BCUT2D eigenvalue weighted by Gasteiger charge is 2.25. The van der Waals surface area contributed by atoms with Gasteiger partial charge in [0, 0.05) is 24.2 Å². The number of fused-ring (bicyclic) bond motifs is 2. The van der Waals surface area contributed by atoms with Gasteiger partial charge in [0.25, 0.3) is 0 Å². The number of para-hydroxylation sites is 1. The van der Waals surface area contributed by atoms with Gasteiger partial charge in [-0.3, -0.25) is 0 Å². The van der Waals surface area contributed by atoms with Crippen molar-refractivity contribution in [1.29, 1.82) is 0 Å². The summed E-state index contributed by atoms with van der Waals surface area (Å²) in [6, 6.07) is 14.5. The average Bonchev–Trinajstić information content (AvgIpc) is 3.01. The number of benzene rings is 2. The lowest BCUT2D eigenvalue weighted by atomic mass is 10.1. The smallest absolute Gasteiger partial charge is 0.132 e. The van der Waals surface area contributed by atoms with E-state index in [0.29, 0.717) is 0 Å². The van der Waals surface area contributed by atoms with E-state index in [1.165, 1.54) is 11.3 Å². The van der Waals surface area contributed by atoms with E-state index >= 15 is 0 Å². The molecule has 1 unspecified atom stereocenters. The van der Waals surface area contributed by atoms with Gasteiger partial charge < -0.3 is 9.88 Å². The Hall–Kier alpha value is -2.00. The van der Waals surface area contributed by atoms with Gasteiger partial charge in [0.05, 0.1) is 17.1 Å². The Morgan fingerprint density at radius 2 is 2.10 bits per heavy atom. The highest BCUT2D eigenvalue weighted by Crippen LogP contribution is 2.34. The lowest BCUT2D eigenvalue weighted by Crippen LogP contribution is -2.11. The van der Waals surface area contributed by atoms with Gasteiger partial charge >= 0.3 is 0 Å². The number of rotatable bonds is 1. The number of hydrogen-bond acceptors (Lipinski definition) is 2. The van der Waals surface area contributed by atoms with E-state index in [4.69, 9.17) is 16.6 Å². The molecule has 1 aliphatic rings. The van der Waals surface area contributed by atoms with Gasteiger partial charge in [-0.15, -0.1) is 0 Å². The molecule has 2 aromatic carbocycles. The third kappa shape index (κ3) is 1.70. The third-order valence-corrected chi connectivity index (χ3v) is 4.20. The summed E-state index contributed by atoms with van der Waals surface area (Å²) in [6.07, 6.45) is 0.973. The molecule has 0 saturated carbocycles. The van der Waals surface area contributed by atoms with Crippen molar-refractivity contribution in [2.75, 3.05) is 5.32 Å². The SMILES string of the molecule is Cn1c(C2Cc3ccccc3N2)nc2ccc(Cl)cc21. The van der Waals surface area contributed by atoms with Crippen LogP contribution in [0, 0.1) is 0 Å². The molecule has 3 aromatic rings. The van der Waals surface area contributed by atoms with Crippen LogP contribution in [0.5, 0.6) is 0 Å². The Morgan fingerprint density at radius 1 is 1.25 bits per heavy atom. The summed E-state index contributed by atoms with van der Waals surface area (Å²) in [6.45, 7) is 0. The molecule has 0 aliphatic carbocycles. The van der Waals surface area contributed by atoms with Gasteiger partial charge in [-0.25, -0.2) is 4.98 Å². The van der Waals surface area contributed by atoms with Crippen LogP contribution in [0.3, 0.4) is 0 Å². The normalized spacial score (nSPS) is 17.2. The predicted octanol–water partition coefficient (Wildman–Crippen LogP) is 3.94. The molecular weight excluding hydrogens is 270 g/mol. The van der Waals surface area contributed by atoms with Crippen LogP contribution in [0.1, 0.15) is 17.4 Å². The average molecular weight is 284 g/mol. The van der Waals surface area contributed by atoms with E-state index in [0.717, 1.165) is 28.3 Å². The van der Waals surface area contributed by atoms with Crippen molar-refractivity contribution in [1.82, 2.24) is 9.55 Å². The van der Waals surface area contributed by atoms with Gasteiger partial charge in [-0.05, 0) is 29.8 Å². The molecule has 20 heavy (non-hydrogen) atoms. The molecule has 1 aliphatic heterocycles. The van der Waals surface area contributed by atoms with Crippen molar-refractivity contribution in [2.45, 2.75) is 12.5 Å². The van der Waals surface area contributed by atoms with Crippen molar-refractivity contribution >= 4 is 28.3 Å². The van der Waals surface area contributed by atoms with Gasteiger partial charge in [0.1, 0.15) is 5.82 Å². The molecular formula is C16H14ClN3. The van der Waals surface area contributed by atoms with E-state index < -0.39 is 0 Å². The first kappa shape index (κ1) is 11.8. The second kappa shape index (κ2) is 4.25. The molecule has 0 saturated heterocycles. The summed E-state index contributed by atoms with van der Waals surface area (Å²) >= 11 is 6.08. The summed E-state index contributed by atoms with van der Waals surface area (Å²) in [5, 5.41) is 4.30. The molecule has 4 heteroatoms. The van der Waals surface area contributed by atoms with Crippen LogP contribution >= 0.6 is 11.6 Å². The monoisotopic (exact) mass is 283 g/mol. The van der Waals surface area contributed by atoms with Crippen LogP contribution < -0.4 is 5.32 Å². The van der Waals surface area contributed by atoms with Crippen LogP contribution in [0.25, 0.3) is 11.0 Å². The molecule has 2 heterocycles. The van der Waals surface area contributed by atoms with Crippen LogP contribution in [0.15, 0.2) is 42.5 Å². The van der Waals surface area contributed by atoms with Crippen molar-refractivity contribution in [3.63, 3.8) is 0 Å². The minimum Gasteiger partial charge on any atom is -0.375 e.